The lowest BCUT2D eigenvalue weighted by Gasteiger charge is -2.14. The van der Waals surface area contributed by atoms with Crippen LogP contribution in [0.5, 0.6) is 0 Å². The van der Waals surface area contributed by atoms with Gasteiger partial charge in [-0.2, -0.15) is 5.48 Å². The summed E-state index contributed by atoms with van der Waals surface area (Å²) in [5.41, 5.74) is 4.99. The highest BCUT2D eigenvalue weighted by molar-refractivity contribution is 6.30. The lowest BCUT2D eigenvalue weighted by molar-refractivity contribution is 0.121. The van der Waals surface area contributed by atoms with Gasteiger partial charge in [0, 0.05) is 25.5 Å². The number of nitrogens with zero attached hydrogens (tertiary/aromatic N) is 3. The molecule has 26 heavy (non-hydrogen) atoms. The first-order valence-electron chi connectivity index (χ1n) is 7.92. The van der Waals surface area contributed by atoms with E-state index < -0.39 is 11.9 Å². The van der Waals surface area contributed by atoms with Gasteiger partial charge >= 0.3 is 0 Å². The Balaban J connectivity index is 1.65. The van der Waals surface area contributed by atoms with Gasteiger partial charge in [-0.15, -0.1) is 0 Å². The fourth-order valence-electron chi connectivity index (χ4n) is 2.53. The monoisotopic (exact) mass is 377 g/mol. The van der Waals surface area contributed by atoms with Gasteiger partial charge < -0.3 is 10.5 Å². The first-order chi connectivity index (χ1) is 12.7. The normalized spacial score (nSPS) is 12.3. The van der Waals surface area contributed by atoms with Crippen LogP contribution in [0.2, 0.25) is 5.02 Å². The van der Waals surface area contributed by atoms with E-state index in [2.05, 4.69) is 26.1 Å². The van der Waals surface area contributed by atoms with Crippen LogP contribution in [-0.4, -0.2) is 20.5 Å². The molecular formula is C17H17ClFN5O2. The number of benzene rings is 1. The molecule has 0 aliphatic carbocycles. The minimum atomic E-state index is -0.571. The molecule has 9 heteroatoms. The van der Waals surface area contributed by atoms with Crippen LogP contribution in [0.1, 0.15) is 28.6 Å². The van der Waals surface area contributed by atoms with Crippen LogP contribution < -0.4 is 10.8 Å². The van der Waals surface area contributed by atoms with E-state index in [1.165, 1.54) is 12.1 Å². The fourth-order valence-corrected chi connectivity index (χ4v) is 2.74. The third-order valence-corrected chi connectivity index (χ3v) is 4.13. The third-order valence-electron chi connectivity index (χ3n) is 3.84. The zero-order valence-electron chi connectivity index (χ0n) is 13.7. The van der Waals surface area contributed by atoms with Crippen molar-refractivity contribution >= 4 is 11.6 Å². The maximum absolute atomic E-state index is 13.3. The van der Waals surface area contributed by atoms with Gasteiger partial charge in [-0.3, -0.25) is 4.98 Å². The van der Waals surface area contributed by atoms with Crippen LogP contribution in [0.3, 0.4) is 0 Å². The highest BCUT2D eigenvalue weighted by Gasteiger charge is 2.21. The Morgan fingerprint density at radius 3 is 2.81 bits per heavy atom. The van der Waals surface area contributed by atoms with Crippen molar-refractivity contribution in [3.8, 4) is 0 Å². The Labute approximate surface area is 154 Å². The number of hydroxylamine groups is 1. The molecular weight excluding hydrogens is 361 g/mol. The number of nitrogens with one attached hydrogen (secondary N) is 2. The highest BCUT2D eigenvalue weighted by atomic mass is 35.5. The molecule has 0 radical (unpaired) electrons. The van der Waals surface area contributed by atoms with Crippen molar-refractivity contribution in [3.05, 3.63) is 76.1 Å². The number of halogens is 2. The highest BCUT2D eigenvalue weighted by Crippen LogP contribution is 2.22. The minimum Gasteiger partial charge on any atom is -0.316 e. The van der Waals surface area contributed by atoms with Gasteiger partial charge in [0.1, 0.15) is 17.2 Å². The first-order valence-corrected chi connectivity index (χ1v) is 8.29. The van der Waals surface area contributed by atoms with Crippen molar-refractivity contribution in [1.29, 1.82) is 0 Å². The quantitative estimate of drug-likeness (QED) is 0.519. The van der Waals surface area contributed by atoms with Gasteiger partial charge in [-0.25, -0.2) is 9.02 Å². The maximum Gasteiger partial charge on any atom is 0.141 e. The third kappa shape index (κ3) is 4.61. The zero-order valence-corrected chi connectivity index (χ0v) is 14.4. The van der Waals surface area contributed by atoms with E-state index in [-0.39, 0.29) is 5.02 Å². The Morgan fingerprint density at radius 2 is 2.08 bits per heavy atom. The van der Waals surface area contributed by atoms with E-state index in [1.54, 1.807) is 18.5 Å². The average Bonchev–Trinajstić information content (AvgIpc) is 3.12. The van der Waals surface area contributed by atoms with E-state index in [1.807, 2.05) is 12.1 Å². The predicted octanol–water partition coefficient (Wildman–Crippen LogP) is 2.81. The molecule has 1 aromatic carbocycles. The standard InChI is InChI=1S/C17H17ClFN5O2/c18-13-6-11(3-4-14(13)19)7-15(22-25)17-16(23-26-24-17)10-21-9-12-2-1-5-20-8-12/h1-6,8,15,21-22,25H,7,9-10H2. The number of pyridine rings is 1. The summed E-state index contributed by atoms with van der Waals surface area (Å²) in [6, 6.07) is 7.63. The second-order valence-corrected chi connectivity index (χ2v) is 6.10. The summed E-state index contributed by atoms with van der Waals surface area (Å²) in [6.45, 7) is 1.00. The fraction of sp³-hybridized carbons (Fsp3) is 0.235. The van der Waals surface area contributed by atoms with Crippen LogP contribution >= 0.6 is 11.6 Å². The Kier molecular flexibility index (Phi) is 6.24. The molecule has 2 heterocycles. The predicted molar refractivity (Wildman–Crippen MR) is 91.9 cm³/mol. The van der Waals surface area contributed by atoms with Crippen LogP contribution in [0, 0.1) is 5.82 Å². The molecule has 0 aliphatic rings. The second kappa shape index (κ2) is 8.81. The van der Waals surface area contributed by atoms with Crippen molar-refractivity contribution in [2.24, 2.45) is 0 Å². The molecule has 0 aliphatic heterocycles. The number of aromatic nitrogens is 3. The summed E-state index contributed by atoms with van der Waals surface area (Å²) in [7, 11) is 0. The van der Waals surface area contributed by atoms with Crippen molar-refractivity contribution in [3.63, 3.8) is 0 Å². The van der Waals surface area contributed by atoms with Gasteiger partial charge in [0.15, 0.2) is 0 Å². The van der Waals surface area contributed by atoms with Gasteiger partial charge in [-0.05, 0) is 35.7 Å². The molecule has 0 saturated heterocycles. The SMILES string of the molecule is ONC(Cc1ccc(F)c(Cl)c1)c1nonc1CNCc1cccnc1. The van der Waals surface area contributed by atoms with Gasteiger partial charge in [0.2, 0.25) is 0 Å². The van der Waals surface area contributed by atoms with E-state index in [9.17, 15) is 9.60 Å². The van der Waals surface area contributed by atoms with Crippen molar-refractivity contribution < 1.29 is 14.2 Å². The Morgan fingerprint density at radius 1 is 1.19 bits per heavy atom. The van der Waals surface area contributed by atoms with Crippen LogP contribution in [0.25, 0.3) is 0 Å². The maximum atomic E-state index is 13.3. The lowest BCUT2D eigenvalue weighted by Crippen LogP contribution is -2.23. The van der Waals surface area contributed by atoms with Crippen molar-refractivity contribution in [2.75, 3.05) is 0 Å². The smallest absolute Gasteiger partial charge is 0.141 e. The van der Waals surface area contributed by atoms with E-state index in [4.69, 9.17) is 16.2 Å². The van der Waals surface area contributed by atoms with Crippen molar-refractivity contribution in [1.82, 2.24) is 26.1 Å². The Bertz CT molecular complexity index is 846. The molecule has 0 amide bonds. The van der Waals surface area contributed by atoms with Gasteiger partial charge in [-0.1, -0.05) is 34.0 Å². The summed E-state index contributed by atoms with van der Waals surface area (Å²) >= 11 is 5.80. The van der Waals surface area contributed by atoms with Crippen LogP contribution in [0.15, 0.2) is 47.4 Å². The molecule has 3 aromatic rings. The summed E-state index contributed by atoms with van der Waals surface area (Å²) < 4.78 is 18.1. The van der Waals surface area contributed by atoms with Crippen molar-refractivity contribution in [2.45, 2.75) is 25.6 Å². The summed E-state index contributed by atoms with van der Waals surface area (Å²) in [5.74, 6) is -0.493. The molecule has 0 fully saturated rings. The summed E-state index contributed by atoms with van der Waals surface area (Å²) in [4.78, 5) is 4.05. The molecule has 1 unspecified atom stereocenters. The number of hydrogen-bond acceptors (Lipinski definition) is 7. The van der Waals surface area contributed by atoms with Gasteiger partial charge in [0.25, 0.3) is 0 Å². The second-order valence-electron chi connectivity index (χ2n) is 5.70. The number of rotatable bonds is 8. The molecule has 0 saturated carbocycles. The van der Waals surface area contributed by atoms with E-state index in [0.717, 1.165) is 11.1 Å². The minimum absolute atomic E-state index is 0.0239. The molecule has 0 spiro atoms. The molecule has 2 aromatic heterocycles. The lowest BCUT2D eigenvalue weighted by atomic mass is 10.0. The van der Waals surface area contributed by atoms with E-state index >= 15 is 0 Å². The Hall–Kier alpha value is -2.39. The average molecular weight is 378 g/mol. The zero-order chi connectivity index (χ0) is 18.4. The summed E-state index contributed by atoms with van der Waals surface area (Å²) in [6.07, 6.45) is 3.81. The molecule has 3 N–H and O–H groups in total. The van der Waals surface area contributed by atoms with Gasteiger partial charge in [0.05, 0.1) is 11.1 Å². The van der Waals surface area contributed by atoms with Crippen LogP contribution in [0.4, 0.5) is 4.39 Å². The molecule has 7 nitrogen and oxygen atoms in total. The summed E-state index contributed by atoms with van der Waals surface area (Å²) in [5, 5.41) is 20.5. The first kappa shape index (κ1) is 18.4. The molecule has 0 bridgehead atoms. The molecule has 1 atom stereocenters. The molecule has 136 valence electrons. The largest absolute Gasteiger partial charge is 0.316 e. The number of hydrogen-bond donors (Lipinski definition) is 3. The van der Waals surface area contributed by atoms with Crippen LogP contribution in [-0.2, 0) is 19.5 Å². The topological polar surface area (TPSA) is 96.1 Å². The van der Waals surface area contributed by atoms with E-state index in [0.29, 0.717) is 30.9 Å². The molecule has 3 rings (SSSR count).